The number of ether oxygens (including phenoxy) is 1. The molecule has 0 radical (unpaired) electrons. The van der Waals surface area contributed by atoms with Gasteiger partial charge in [-0.1, -0.05) is 11.8 Å². The van der Waals surface area contributed by atoms with Gasteiger partial charge in [-0.15, -0.1) is 10.2 Å². The molecule has 1 aromatic heterocycles. The first-order valence-corrected chi connectivity index (χ1v) is 7.90. The van der Waals surface area contributed by atoms with Crippen LogP contribution < -0.4 is 5.73 Å². The Kier molecular flexibility index (Phi) is 4.23. The van der Waals surface area contributed by atoms with Gasteiger partial charge >= 0.3 is 0 Å². The van der Waals surface area contributed by atoms with Gasteiger partial charge in [0.15, 0.2) is 5.16 Å². The van der Waals surface area contributed by atoms with Crippen LogP contribution in [0.2, 0.25) is 0 Å². The number of amides is 1. The van der Waals surface area contributed by atoms with Crippen LogP contribution in [0.25, 0.3) is 0 Å². The Bertz CT molecular complexity index is 482. The van der Waals surface area contributed by atoms with Crippen molar-refractivity contribution in [2.45, 2.75) is 30.6 Å². The summed E-state index contributed by atoms with van der Waals surface area (Å²) in [5.41, 5.74) is 5.68. The molecule has 0 atom stereocenters. The average Bonchev–Trinajstić information content (AvgIpc) is 3.25. The minimum absolute atomic E-state index is 0.137. The molecule has 2 fully saturated rings. The highest BCUT2D eigenvalue weighted by atomic mass is 32.2. The second-order valence-corrected chi connectivity index (χ2v) is 5.93. The van der Waals surface area contributed by atoms with Crippen LogP contribution in [0, 0.1) is 0 Å². The molecular weight excluding hydrogens is 278 g/mol. The molecule has 0 unspecified atom stereocenters. The highest BCUT2D eigenvalue weighted by molar-refractivity contribution is 7.99. The quantitative estimate of drug-likeness (QED) is 0.771. The first-order valence-electron chi connectivity index (χ1n) is 6.91. The number of thioether (sulfide) groups is 1. The summed E-state index contributed by atoms with van der Waals surface area (Å²) in [5, 5.41) is 9.09. The fourth-order valence-corrected chi connectivity index (χ4v) is 3.20. The summed E-state index contributed by atoms with van der Waals surface area (Å²) < 4.78 is 7.34. The average molecular weight is 297 g/mol. The molecule has 1 aliphatic carbocycles. The van der Waals surface area contributed by atoms with E-state index in [1.165, 1.54) is 11.8 Å². The zero-order valence-corrected chi connectivity index (χ0v) is 12.1. The molecular formula is C12H19N5O2S. The Labute approximate surface area is 121 Å². The van der Waals surface area contributed by atoms with Gasteiger partial charge < -0.3 is 19.9 Å². The number of nitrogens with two attached hydrogens (primary N) is 1. The maximum Gasteiger partial charge on any atom is 0.233 e. The molecule has 1 saturated heterocycles. The molecule has 2 N–H and O–H groups in total. The van der Waals surface area contributed by atoms with Crippen LogP contribution >= 0.6 is 11.8 Å². The second kappa shape index (κ2) is 6.11. The van der Waals surface area contributed by atoms with Gasteiger partial charge in [0.2, 0.25) is 5.91 Å². The maximum atomic E-state index is 12.1. The number of hydrogen-bond acceptors (Lipinski definition) is 6. The molecule has 1 aromatic rings. The third kappa shape index (κ3) is 2.97. The van der Waals surface area contributed by atoms with Gasteiger partial charge in [-0.25, -0.2) is 0 Å². The van der Waals surface area contributed by atoms with Gasteiger partial charge in [-0.2, -0.15) is 0 Å². The Hall–Kier alpha value is -1.12. The first kappa shape index (κ1) is 13.8. The van der Waals surface area contributed by atoms with Crippen LogP contribution in [0.3, 0.4) is 0 Å². The number of hydrogen-bond donors (Lipinski definition) is 1. The van der Waals surface area contributed by atoms with Crippen LogP contribution in [-0.4, -0.2) is 57.6 Å². The molecule has 2 heterocycles. The lowest BCUT2D eigenvalue weighted by Crippen LogP contribution is -2.41. The molecule has 0 bridgehead atoms. The third-order valence-electron chi connectivity index (χ3n) is 3.52. The lowest BCUT2D eigenvalue weighted by molar-refractivity contribution is -0.132. The van der Waals surface area contributed by atoms with Crippen molar-refractivity contribution in [1.82, 2.24) is 19.7 Å². The lowest BCUT2D eigenvalue weighted by Gasteiger charge is -2.26. The smallest absolute Gasteiger partial charge is 0.233 e. The van der Waals surface area contributed by atoms with E-state index in [1.807, 2.05) is 4.90 Å². The van der Waals surface area contributed by atoms with Crippen LogP contribution in [0.1, 0.15) is 24.7 Å². The number of nitrogens with zero attached hydrogens (tertiary/aromatic N) is 4. The molecule has 8 heteroatoms. The standard InChI is InChI=1S/C12H19N5O2S/c13-7-10-14-15-12(17(10)9-1-2-9)20-8-11(18)16-3-5-19-6-4-16/h9H,1-8,13H2. The van der Waals surface area contributed by atoms with Crippen molar-refractivity contribution in [1.29, 1.82) is 0 Å². The zero-order chi connectivity index (χ0) is 13.9. The molecule has 0 spiro atoms. The number of carbonyl (C=O) groups is 1. The normalized spacial score (nSPS) is 19.4. The van der Waals surface area contributed by atoms with Gasteiger partial charge in [0.05, 0.1) is 25.5 Å². The summed E-state index contributed by atoms with van der Waals surface area (Å²) in [6.07, 6.45) is 2.30. The molecule has 7 nitrogen and oxygen atoms in total. The lowest BCUT2D eigenvalue weighted by atomic mass is 10.4. The predicted molar refractivity (Wildman–Crippen MR) is 74.3 cm³/mol. The van der Waals surface area contributed by atoms with Crippen molar-refractivity contribution in [3.05, 3.63) is 5.82 Å². The Morgan fingerprint density at radius 3 is 2.75 bits per heavy atom. The van der Waals surface area contributed by atoms with Crippen molar-refractivity contribution in [2.24, 2.45) is 5.73 Å². The summed E-state index contributed by atoms with van der Waals surface area (Å²) in [4.78, 5) is 14.0. The van der Waals surface area contributed by atoms with Crippen LogP contribution in [-0.2, 0) is 16.1 Å². The summed E-state index contributed by atoms with van der Waals surface area (Å²) in [6.45, 7) is 3.02. The Morgan fingerprint density at radius 2 is 2.10 bits per heavy atom. The van der Waals surface area contributed by atoms with E-state index >= 15 is 0 Å². The minimum atomic E-state index is 0.137. The minimum Gasteiger partial charge on any atom is -0.378 e. The number of morpholine rings is 1. The van der Waals surface area contributed by atoms with Crippen molar-refractivity contribution >= 4 is 17.7 Å². The highest BCUT2D eigenvalue weighted by Crippen LogP contribution is 2.38. The van der Waals surface area contributed by atoms with E-state index in [4.69, 9.17) is 10.5 Å². The van der Waals surface area contributed by atoms with Crippen LogP contribution in [0.5, 0.6) is 0 Å². The third-order valence-corrected chi connectivity index (χ3v) is 4.45. The van der Waals surface area contributed by atoms with Gasteiger partial charge in [0, 0.05) is 19.1 Å². The molecule has 1 saturated carbocycles. The van der Waals surface area contributed by atoms with Crippen molar-refractivity contribution < 1.29 is 9.53 Å². The van der Waals surface area contributed by atoms with Crippen LogP contribution in [0.4, 0.5) is 0 Å². The summed E-state index contributed by atoms with van der Waals surface area (Å²) >= 11 is 1.46. The molecule has 2 aliphatic rings. The summed E-state index contributed by atoms with van der Waals surface area (Å²) in [6, 6.07) is 0.476. The number of aromatic nitrogens is 3. The molecule has 3 rings (SSSR count). The van der Waals surface area contributed by atoms with Gasteiger partial charge in [0.25, 0.3) is 0 Å². The summed E-state index contributed by atoms with van der Waals surface area (Å²) in [7, 11) is 0. The van der Waals surface area contributed by atoms with E-state index in [1.54, 1.807) is 0 Å². The fraction of sp³-hybridized carbons (Fsp3) is 0.750. The molecule has 0 aromatic carbocycles. The second-order valence-electron chi connectivity index (χ2n) is 4.99. The predicted octanol–water partition coefficient (Wildman–Crippen LogP) is 0.0226. The molecule has 1 aliphatic heterocycles. The molecule has 20 heavy (non-hydrogen) atoms. The van der Waals surface area contributed by atoms with Crippen LogP contribution in [0.15, 0.2) is 5.16 Å². The SMILES string of the molecule is NCc1nnc(SCC(=O)N2CCOCC2)n1C1CC1. The summed E-state index contributed by atoms with van der Waals surface area (Å²) in [5.74, 6) is 1.35. The molecule has 110 valence electrons. The van der Waals surface area contributed by atoms with E-state index in [2.05, 4.69) is 14.8 Å². The largest absolute Gasteiger partial charge is 0.378 e. The first-order chi connectivity index (χ1) is 9.79. The Morgan fingerprint density at radius 1 is 1.35 bits per heavy atom. The number of rotatable bonds is 5. The van der Waals surface area contributed by atoms with Crippen molar-refractivity contribution in [2.75, 3.05) is 32.1 Å². The maximum absolute atomic E-state index is 12.1. The number of carbonyl (C=O) groups excluding carboxylic acids is 1. The molecule has 1 amide bonds. The van der Waals surface area contributed by atoms with E-state index in [-0.39, 0.29) is 5.91 Å². The van der Waals surface area contributed by atoms with E-state index < -0.39 is 0 Å². The van der Waals surface area contributed by atoms with Gasteiger partial charge in [-0.05, 0) is 12.8 Å². The fourth-order valence-electron chi connectivity index (χ4n) is 2.27. The van der Waals surface area contributed by atoms with Gasteiger partial charge in [-0.3, -0.25) is 4.79 Å². The van der Waals surface area contributed by atoms with Crippen molar-refractivity contribution in [3.63, 3.8) is 0 Å². The topological polar surface area (TPSA) is 86.3 Å². The monoisotopic (exact) mass is 297 g/mol. The zero-order valence-electron chi connectivity index (χ0n) is 11.3. The van der Waals surface area contributed by atoms with E-state index in [0.29, 0.717) is 44.6 Å². The highest BCUT2D eigenvalue weighted by Gasteiger charge is 2.29. The van der Waals surface area contributed by atoms with Gasteiger partial charge in [0.1, 0.15) is 5.82 Å². The Balaban J connectivity index is 1.60. The van der Waals surface area contributed by atoms with E-state index in [9.17, 15) is 4.79 Å². The van der Waals surface area contributed by atoms with E-state index in [0.717, 1.165) is 23.8 Å². The van der Waals surface area contributed by atoms with Crippen molar-refractivity contribution in [3.8, 4) is 0 Å².